The van der Waals surface area contributed by atoms with Crippen LogP contribution in [0.2, 0.25) is 0 Å². The molecule has 3 rings (SSSR count). The first kappa shape index (κ1) is 14.1. The molecule has 1 amide bonds. The lowest BCUT2D eigenvalue weighted by atomic mass is 10.2. The minimum Gasteiger partial charge on any atom is -0.361 e. The number of hydrogen-bond donors (Lipinski definition) is 1. The quantitative estimate of drug-likeness (QED) is 0.803. The maximum Gasteiger partial charge on any atom is 0.280 e. The predicted octanol–water partition coefficient (Wildman–Crippen LogP) is 2.86. The van der Waals surface area contributed by atoms with Gasteiger partial charge in [-0.2, -0.15) is 0 Å². The van der Waals surface area contributed by atoms with Crippen LogP contribution in [0.5, 0.6) is 0 Å². The summed E-state index contributed by atoms with van der Waals surface area (Å²) in [6, 6.07) is 11.1. The van der Waals surface area contributed by atoms with Crippen molar-refractivity contribution in [1.29, 1.82) is 0 Å². The number of anilines is 1. The van der Waals surface area contributed by atoms with E-state index >= 15 is 0 Å². The van der Waals surface area contributed by atoms with Crippen molar-refractivity contribution >= 4 is 11.6 Å². The molecule has 6 heteroatoms. The summed E-state index contributed by atoms with van der Waals surface area (Å²) in [5.74, 6) is 0.387. The van der Waals surface area contributed by atoms with E-state index in [0.717, 1.165) is 17.1 Å². The Morgan fingerprint density at radius 3 is 2.64 bits per heavy atom. The number of carbonyl (C=O) groups is 1. The van der Waals surface area contributed by atoms with E-state index in [1.54, 1.807) is 24.2 Å². The van der Waals surface area contributed by atoms with Gasteiger partial charge in [0, 0.05) is 17.4 Å². The van der Waals surface area contributed by atoms with Gasteiger partial charge in [-0.05, 0) is 26.0 Å². The molecule has 0 bridgehead atoms. The minimum absolute atomic E-state index is 0.217. The lowest BCUT2D eigenvalue weighted by Gasteiger charge is -2.21. The number of aromatic amines is 1. The van der Waals surface area contributed by atoms with E-state index in [2.05, 4.69) is 15.1 Å². The van der Waals surface area contributed by atoms with Gasteiger partial charge in [0.2, 0.25) is 0 Å². The van der Waals surface area contributed by atoms with Crippen LogP contribution >= 0.6 is 0 Å². The van der Waals surface area contributed by atoms with Crippen LogP contribution in [0.15, 0.2) is 47.2 Å². The number of benzene rings is 1. The number of rotatable bonds is 4. The zero-order chi connectivity index (χ0) is 15.5. The van der Waals surface area contributed by atoms with Gasteiger partial charge in [0.1, 0.15) is 5.76 Å². The molecule has 0 fully saturated rings. The Hall–Kier alpha value is -2.89. The Morgan fingerprint density at radius 2 is 2.05 bits per heavy atom. The Morgan fingerprint density at radius 1 is 1.27 bits per heavy atom. The number of imidazole rings is 1. The minimum atomic E-state index is -0.217. The van der Waals surface area contributed by atoms with E-state index in [-0.39, 0.29) is 11.6 Å². The fourth-order valence-corrected chi connectivity index (χ4v) is 2.19. The topological polar surface area (TPSA) is 75.0 Å². The van der Waals surface area contributed by atoms with Gasteiger partial charge in [-0.3, -0.25) is 4.79 Å². The van der Waals surface area contributed by atoms with Crippen LogP contribution in [0.25, 0.3) is 0 Å². The number of carbonyl (C=O) groups excluding carboxylic acids is 1. The summed E-state index contributed by atoms with van der Waals surface area (Å²) in [6.45, 7) is 4.05. The van der Waals surface area contributed by atoms with Crippen molar-refractivity contribution in [3.8, 4) is 0 Å². The molecule has 2 aromatic heterocycles. The van der Waals surface area contributed by atoms with Gasteiger partial charge in [0.25, 0.3) is 5.91 Å². The van der Waals surface area contributed by atoms with Crippen LogP contribution in [0.3, 0.4) is 0 Å². The van der Waals surface area contributed by atoms with E-state index in [0.29, 0.717) is 12.3 Å². The lowest BCUT2D eigenvalue weighted by Crippen LogP contribution is -2.31. The summed E-state index contributed by atoms with van der Waals surface area (Å²) in [5.41, 5.74) is 2.83. The van der Waals surface area contributed by atoms with Crippen molar-refractivity contribution < 1.29 is 9.32 Å². The number of aromatic nitrogens is 3. The molecule has 22 heavy (non-hydrogen) atoms. The third-order valence-electron chi connectivity index (χ3n) is 3.40. The van der Waals surface area contributed by atoms with Gasteiger partial charge in [0.05, 0.1) is 18.6 Å². The molecule has 112 valence electrons. The van der Waals surface area contributed by atoms with Crippen molar-refractivity contribution in [3.05, 3.63) is 65.6 Å². The summed E-state index contributed by atoms with van der Waals surface area (Å²) in [6.07, 6.45) is 1.62. The normalized spacial score (nSPS) is 10.6. The van der Waals surface area contributed by atoms with E-state index in [4.69, 9.17) is 4.52 Å². The summed E-state index contributed by atoms with van der Waals surface area (Å²) in [4.78, 5) is 21.7. The maximum atomic E-state index is 12.8. The second-order valence-electron chi connectivity index (χ2n) is 5.02. The number of H-pyrrole nitrogens is 1. The molecule has 0 unspecified atom stereocenters. The predicted molar refractivity (Wildman–Crippen MR) is 81.5 cm³/mol. The van der Waals surface area contributed by atoms with Crippen LogP contribution in [0.4, 0.5) is 5.69 Å². The first-order valence-electron chi connectivity index (χ1n) is 6.94. The average Bonchev–Trinajstić information content (AvgIpc) is 3.14. The Bertz CT molecular complexity index is 776. The largest absolute Gasteiger partial charge is 0.361 e. The number of amides is 1. The van der Waals surface area contributed by atoms with Crippen molar-refractivity contribution in [1.82, 2.24) is 15.1 Å². The van der Waals surface area contributed by atoms with Gasteiger partial charge in [0.15, 0.2) is 5.69 Å². The highest BCUT2D eigenvalue weighted by Gasteiger charge is 2.22. The number of aryl methyl sites for hydroxylation is 2. The first-order valence-corrected chi connectivity index (χ1v) is 6.94. The van der Waals surface area contributed by atoms with E-state index in [9.17, 15) is 4.79 Å². The zero-order valence-corrected chi connectivity index (χ0v) is 12.4. The molecule has 0 aliphatic rings. The molecule has 1 N–H and O–H groups in total. The SMILES string of the molecule is Cc1cc(C(=O)N(Cc2nc[nH]c2C)c2ccccc2)no1. The van der Waals surface area contributed by atoms with Crippen LogP contribution in [-0.2, 0) is 6.54 Å². The summed E-state index contributed by atoms with van der Waals surface area (Å²) in [5, 5.41) is 3.82. The van der Waals surface area contributed by atoms with Crippen LogP contribution in [0, 0.1) is 13.8 Å². The highest BCUT2D eigenvalue weighted by atomic mass is 16.5. The summed E-state index contributed by atoms with van der Waals surface area (Å²) in [7, 11) is 0. The highest BCUT2D eigenvalue weighted by Crippen LogP contribution is 2.20. The molecule has 0 saturated carbocycles. The molecule has 0 radical (unpaired) electrons. The molecule has 0 saturated heterocycles. The van der Waals surface area contributed by atoms with Gasteiger partial charge >= 0.3 is 0 Å². The molecule has 0 aliphatic heterocycles. The molecule has 0 atom stereocenters. The molecule has 6 nitrogen and oxygen atoms in total. The molecule has 0 aliphatic carbocycles. The van der Waals surface area contributed by atoms with E-state index < -0.39 is 0 Å². The molecule has 1 aromatic carbocycles. The van der Waals surface area contributed by atoms with E-state index in [1.807, 2.05) is 37.3 Å². The van der Waals surface area contributed by atoms with Crippen molar-refractivity contribution in [2.75, 3.05) is 4.90 Å². The van der Waals surface area contributed by atoms with E-state index in [1.165, 1.54) is 0 Å². The van der Waals surface area contributed by atoms with Crippen LogP contribution < -0.4 is 4.90 Å². The smallest absolute Gasteiger partial charge is 0.280 e. The second-order valence-corrected chi connectivity index (χ2v) is 5.02. The molecular weight excluding hydrogens is 280 g/mol. The summed E-state index contributed by atoms with van der Waals surface area (Å²) >= 11 is 0. The molecule has 3 aromatic rings. The monoisotopic (exact) mass is 296 g/mol. The number of para-hydroxylation sites is 1. The van der Waals surface area contributed by atoms with Gasteiger partial charge in [-0.1, -0.05) is 23.4 Å². The van der Waals surface area contributed by atoms with Crippen molar-refractivity contribution in [2.45, 2.75) is 20.4 Å². The summed E-state index contributed by atoms with van der Waals surface area (Å²) < 4.78 is 5.01. The van der Waals surface area contributed by atoms with Gasteiger partial charge < -0.3 is 14.4 Å². The van der Waals surface area contributed by atoms with Crippen molar-refractivity contribution in [2.24, 2.45) is 0 Å². The van der Waals surface area contributed by atoms with Crippen LogP contribution in [-0.4, -0.2) is 21.0 Å². The van der Waals surface area contributed by atoms with Crippen molar-refractivity contribution in [3.63, 3.8) is 0 Å². The highest BCUT2D eigenvalue weighted by molar-refractivity contribution is 6.04. The first-order chi connectivity index (χ1) is 10.6. The number of nitrogens with one attached hydrogen (secondary N) is 1. The number of nitrogens with zero attached hydrogens (tertiary/aromatic N) is 3. The zero-order valence-electron chi connectivity index (χ0n) is 12.4. The van der Waals surface area contributed by atoms with Gasteiger partial charge in [-0.25, -0.2) is 4.98 Å². The Kier molecular flexibility index (Phi) is 3.74. The van der Waals surface area contributed by atoms with Gasteiger partial charge in [-0.15, -0.1) is 0 Å². The fraction of sp³-hybridized carbons (Fsp3) is 0.188. The second kappa shape index (κ2) is 5.85. The Labute approximate surface area is 127 Å². The third kappa shape index (κ3) is 2.76. The average molecular weight is 296 g/mol. The standard InChI is InChI=1S/C16H16N4O2/c1-11-8-14(19-22-11)16(21)20(13-6-4-3-5-7-13)9-15-12(2)17-10-18-15/h3-8,10H,9H2,1-2H3,(H,17,18). The maximum absolute atomic E-state index is 12.8. The van der Waals surface area contributed by atoms with Crippen LogP contribution in [0.1, 0.15) is 27.6 Å². The fourth-order valence-electron chi connectivity index (χ4n) is 2.19. The lowest BCUT2D eigenvalue weighted by molar-refractivity contribution is 0.0976. The third-order valence-corrected chi connectivity index (χ3v) is 3.40. The molecular formula is C16H16N4O2. The molecule has 0 spiro atoms. The number of hydrogen-bond acceptors (Lipinski definition) is 4. The Balaban J connectivity index is 1.96. The molecule has 2 heterocycles.